The van der Waals surface area contributed by atoms with Crippen LogP contribution in [0.15, 0.2) is 48.5 Å². The van der Waals surface area contributed by atoms with Crippen LogP contribution in [0.1, 0.15) is 22.8 Å². The Balaban J connectivity index is 0.000000450. The van der Waals surface area contributed by atoms with Gasteiger partial charge in [-0.15, -0.1) is 0 Å². The van der Waals surface area contributed by atoms with Crippen LogP contribution in [-0.2, 0) is 4.57 Å². The van der Waals surface area contributed by atoms with Crippen LogP contribution in [0.25, 0.3) is 0 Å². The molecule has 0 saturated heterocycles. The summed E-state index contributed by atoms with van der Waals surface area (Å²) in [6, 6.07) is 13.3. The van der Waals surface area contributed by atoms with E-state index in [2.05, 4.69) is 10.6 Å². The molecule has 0 bridgehead atoms. The van der Waals surface area contributed by atoms with Gasteiger partial charge in [-0.05, 0) is 37.7 Å². The van der Waals surface area contributed by atoms with Crippen LogP contribution < -0.4 is 20.8 Å². The second-order valence-electron chi connectivity index (χ2n) is 5.20. The van der Waals surface area contributed by atoms with Gasteiger partial charge in [-0.2, -0.15) is 0 Å². The molecular formula is C18H23N2O4P. The molecule has 2 aromatic rings. The highest BCUT2D eigenvalue weighted by molar-refractivity contribution is 7.45. The minimum absolute atomic E-state index is 0.131. The highest BCUT2D eigenvalue weighted by atomic mass is 31.1. The Morgan fingerprint density at radius 3 is 2.40 bits per heavy atom. The minimum atomic E-state index is -2.68. The number of hydrogen-bond acceptors (Lipinski definition) is 5. The van der Waals surface area contributed by atoms with Crippen molar-refractivity contribution in [3.05, 3.63) is 59.7 Å². The zero-order chi connectivity index (χ0) is 18.7. The summed E-state index contributed by atoms with van der Waals surface area (Å²) in [6.45, 7) is 5.88. The maximum atomic E-state index is 12.0. The molecule has 2 rings (SSSR count). The molecule has 1 unspecified atom stereocenters. The number of benzene rings is 2. The maximum absolute atomic E-state index is 12.0. The third-order valence-electron chi connectivity index (χ3n) is 3.17. The van der Waals surface area contributed by atoms with Gasteiger partial charge >= 0.3 is 8.03 Å². The Morgan fingerprint density at radius 2 is 1.88 bits per heavy atom. The van der Waals surface area contributed by atoms with Gasteiger partial charge in [-0.25, -0.2) is 0 Å². The molecule has 2 aromatic carbocycles. The average Bonchev–Trinajstić information content (AvgIpc) is 2.62. The Kier molecular flexibility index (Phi) is 9.58. The van der Waals surface area contributed by atoms with E-state index < -0.39 is 8.03 Å². The van der Waals surface area contributed by atoms with Crippen molar-refractivity contribution in [2.45, 2.75) is 13.8 Å². The number of rotatable bonds is 6. The Bertz CT molecular complexity index is 686. The van der Waals surface area contributed by atoms with Crippen LogP contribution >= 0.6 is 8.03 Å². The Hall–Kier alpha value is -2.11. The molecule has 0 spiro atoms. The van der Waals surface area contributed by atoms with E-state index in [0.717, 1.165) is 18.7 Å². The molecule has 1 atom stereocenters. The molecule has 0 radical (unpaired) electrons. The van der Waals surface area contributed by atoms with Crippen molar-refractivity contribution >= 4 is 24.9 Å². The second kappa shape index (κ2) is 11.4. The third-order valence-corrected chi connectivity index (χ3v) is 3.87. The number of amides is 1. The molecule has 0 aromatic heterocycles. The van der Waals surface area contributed by atoms with Gasteiger partial charge < -0.3 is 20.6 Å². The van der Waals surface area contributed by atoms with Gasteiger partial charge in [-0.3, -0.25) is 4.79 Å². The van der Waals surface area contributed by atoms with E-state index in [1.54, 1.807) is 24.3 Å². The number of likely N-dealkylation sites (N-methyl/N-ethyl adjacent to an activating group) is 1. The Morgan fingerprint density at radius 1 is 1.20 bits per heavy atom. The first kappa shape index (κ1) is 20.9. The lowest BCUT2D eigenvalue weighted by Gasteiger charge is -2.05. The van der Waals surface area contributed by atoms with Gasteiger partial charge in [0, 0.05) is 23.9 Å². The number of aliphatic hydroxyl groups excluding tert-OH is 1. The predicted octanol–water partition coefficient (Wildman–Crippen LogP) is 1.56. The normalized spacial score (nSPS) is 10.5. The maximum Gasteiger partial charge on any atom is 0.348 e. The monoisotopic (exact) mass is 362 g/mol. The van der Waals surface area contributed by atoms with Gasteiger partial charge in [0.2, 0.25) is 0 Å². The third kappa shape index (κ3) is 8.01. The molecular weight excluding hydrogens is 339 g/mol. The van der Waals surface area contributed by atoms with E-state index in [1.807, 2.05) is 26.0 Å². The molecule has 1 amide bonds. The van der Waals surface area contributed by atoms with Crippen molar-refractivity contribution < 1.29 is 19.4 Å². The van der Waals surface area contributed by atoms with E-state index in [9.17, 15) is 14.3 Å². The lowest BCUT2D eigenvalue weighted by molar-refractivity contribution is -0.160. The number of carbonyl (C=O) groups is 1. The van der Waals surface area contributed by atoms with Crippen LogP contribution in [0.4, 0.5) is 5.69 Å². The zero-order valence-electron chi connectivity index (χ0n) is 14.4. The van der Waals surface area contributed by atoms with Crippen LogP contribution in [0.3, 0.4) is 0 Å². The van der Waals surface area contributed by atoms with Gasteiger partial charge in [0.1, 0.15) is 0 Å². The molecule has 3 N–H and O–H groups in total. The number of nitrogens with one attached hydrogen (secondary N) is 2. The Labute approximate surface area is 148 Å². The lowest BCUT2D eigenvalue weighted by atomic mass is 10.2. The molecule has 6 nitrogen and oxygen atoms in total. The fourth-order valence-electron chi connectivity index (χ4n) is 1.86. The van der Waals surface area contributed by atoms with Crippen molar-refractivity contribution in [2.24, 2.45) is 0 Å². The molecule has 0 saturated carbocycles. The average molecular weight is 362 g/mol. The van der Waals surface area contributed by atoms with Crippen LogP contribution in [0.5, 0.6) is 0 Å². The van der Waals surface area contributed by atoms with E-state index in [0.29, 0.717) is 11.3 Å². The summed E-state index contributed by atoms with van der Waals surface area (Å²) < 4.78 is 10.9. The molecule has 25 heavy (non-hydrogen) atoms. The summed E-state index contributed by atoms with van der Waals surface area (Å²) in [7, 11) is -2.68. The fourth-order valence-corrected chi connectivity index (χ4v) is 2.31. The number of carbonyl (C=O) groups excluding carboxylic acids is 1. The first-order valence-corrected chi connectivity index (χ1v) is 9.09. The van der Waals surface area contributed by atoms with Crippen LogP contribution in [0.2, 0.25) is 0 Å². The number of aryl methyl sites for hydroxylation is 1. The van der Waals surface area contributed by atoms with Crippen molar-refractivity contribution in [1.82, 2.24) is 5.32 Å². The molecule has 134 valence electrons. The summed E-state index contributed by atoms with van der Waals surface area (Å²) in [5, 5.41) is 13.9. The van der Waals surface area contributed by atoms with E-state index in [1.165, 1.54) is 12.1 Å². The summed E-state index contributed by atoms with van der Waals surface area (Å²) in [4.78, 5) is 22.8. The molecule has 0 fully saturated rings. The molecule has 0 aliphatic carbocycles. The molecule has 0 aliphatic rings. The largest absolute Gasteiger partial charge is 0.591 e. The molecule has 7 heteroatoms. The van der Waals surface area contributed by atoms with E-state index in [4.69, 9.17) is 5.11 Å². The van der Waals surface area contributed by atoms with Gasteiger partial charge in [-0.1, -0.05) is 35.3 Å². The van der Waals surface area contributed by atoms with E-state index in [-0.39, 0.29) is 17.8 Å². The quantitative estimate of drug-likeness (QED) is 0.535. The van der Waals surface area contributed by atoms with Crippen molar-refractivity contribution in [2.75, 3.05) is 25.0 Å². The second-order valence-corrected chi connectivity index (χ2v) is 6.24. The fraction of sp³-hybridized carbons (Fsp3) is 0.278. The predicted molar refractivity (Wildman–Crippen MR) is 98.4 cm³/mol. The zero-order valence-corrected chi connectivity index (χ0v) is 15.3. The summed E-state index contributed by atoms with van der Waals surface area (Å²) >= 11 is 0. The first-order chi connectivity index (χ1) is 12.0. The topological polar surface area (TPSA) is 101 Å². The van der Waals surface area contributed by atoms with Gasteiger partial charge in [0.05, 0.1) is 6.61 Å². The summed E-state index contributed by atoms with van der Waals surface area (Å²) in [5.41, 5.74) is 2.09. The smallest absolute Gasteiger partial charge is 0.348 e. The van der Waals surface area contributed by atoms with Gasteiger partial charge in [0.25, 0.3) is 5.91 Å². The summed E-state index contributed by atoms with van der Waals surface area (Å²) in [6.07, 6.45) is 0. The number of anilines is 1. The van der Waals surface area contributed by atoms with Crippen LogP contribution in [0, 0.1) is 6.92 Å². The number of hydrogen-bond donors (Lipinski definition) is 3. The molecule has 0 aliphatic heterocycles. The highest BCUT2D eigenvalue weighted by Crippen LogP contribution is 2.13. The summed E-state index contributed by atoms with van der Waals surface area (Å²) in [5.74, 6) is -0.331. The standard InChI is InChI=1S/C14H12NO3P.C4H11NO/c1-10-5-7-12(8-6-10)15-14(16)11-3-2-4-13(9-11)19(17)18;1-2-5-3-4-6/h2-9H,1H3,(H,15,16);5-6H,2-4H2,1H3. The van der Waals surface area contributed by atoms with Crippen molar-refractivity contribution in [3.63, 3.8) is 0 Å². The minimum Gasteiger partial charge on any atom is -0.591 e. The first-order valence-electron chi connectivity index (χ1n) is 7.92. The molecule has 0 heterocycles. The SMILES string of the molecule is CCNCCO.Cc1ccc(NC(=O)c2cccc([P+](=O)[O-])c2)cc1. The van der Waals surface area contributed by atoms with Crippen LogP contribution in [-0.4, -0.2) is 30.7 Å². The number of aliphatic hydroxyl groups is 1. The van der Waals surface area contributed by atoms with Crippen molar-refractivity contribution in [3.8, 4) is 0 Å². The highest BCUT2D eigenvalue weighted by Gasteiger charge is 2.12. The van der Waals surface area contributed by atoms with Gasteiger partial charge in [0.15, 0.2) is 5.30 Å². The van der Waals surface area contributed by atoms with E-state index >= 15 is 0 Å². The lowest BCUT2D eigenvalue weighted by Crippen LogP contribution is -2.16. The van der Waals surface area contributed by atoms with Crippen molar-refractivity contribution in [1.29, 1.82) is 0 Å².